The van der Waals surface area contributed by atoms with E-state index in [1.807, 2.05) is 0 Å². The lowest BCUT2D eigenvalue weighted by molar-refractivity contribution is 0.461. The first-order valence-electron chi connectivity index (χ1n) is 2.99. The molecule has 0 bridgehead atoms. The highest BCUT2D eigenvalue weighted by Gasteiger charge is 2.52. The van der Waals surface area contributed by atoms with Gasteiger partial charge in [-0.25, -0.2) is 0 Å². The molecule has 1 aliphatic carbocycles. The van der Waals surface area contributed by atoms with E-state index in [9.17, 15) is 8.42 Å². The van der Waals surface area contributed by atoms with E-state index < -0.39 is 14.9 Å². The van der Waals surface area contributed by atoms with Gasteiger partial charge in [-0.2, -0.15) is 8.42 Å². The van der Waals surface area contributed by atoms with Gasteiger partial charge in [0.1, 0.15) is 0 Å². The Balaban J connectivity index is 0.000000810. The fourth-order valence-electron chi connectivity index (χ4n) is 0.933. The third kappa shape index (κ3) is 1.44. The number of rotatable bonds is 2. The molecule has 1 N–H and O–H groups in total. The van der Waals surface area contributed by atoms with Gasteiger partial charge in [-0.05, 0) is 19.3 Å². The van der Waals surface area contributed by atoms with Crippen LogP contribution in [0.1, 0.15) is 26.2 Å². The second-order valence-electron chi connectivity index (χ2n) is 2.51. The topological polar surface area (TPSA) is 54.4 Å². The molecule has 0 radical (unpaired) electrons. The second-order valence-corrected chi connectivity index (χ2v) is 4.33. The summed E-state index contributed by atoms with van der Waals surface area (Å²) in [7, 11) is -3.74. The average molecular weight is 187 g/mol. The number of halogens is 1. The van der Waals surface area contributed by atoms with Crippen molar-refractivity contribution in [3.63, 3.8) is 0 Å². The minimum atomic E-state index is -3.74. The average Bonchev–Trinajstić information content (AvgIpc) is 2.40. The third-order valence-corrected chi connectivity index (χ3v) is 3.79. The zero-order chi connectivity index (χ0) is 7.12. The van der Waals surface area contributed by atoms with Gasteiger partial charge in [0.15, 0.2) is 0 Å². The van der Waals surface area contributed by atoms with Crippen LogP contribution in [-0.4, -0.2) is 17.7 Å². The molecule has 1 fully saturated rings. The van der Waals surface area contributed by atoms with Crippen molar-refractivity contribution >= 4 is 22.5 Å². The van der Waals surface area contributed by atoms with Crippen LogP contribution < -0.4 is 0 Å². The minimum Gasteiger partial charge on any atom is -0.285 e. The molecular formula is C5H11ClO3S. The molecule has 1 saturated carbocycles. The first kappa shape index (κ1) is 10.2. The second kappa shape index (κ2) is 2.68. The van der Waals surface area contributed by atoms with Crippen LogP contribution in [0.2, 0.25) is 0 Å². The van der Waals surface area contributed by atoms with Gasteiger partial charge in [-0.3, -0.25) is 4.55 Å². The van der Waals surface area contributed by atoms with Crippen molar-refractivity contribution in [2.24, 2.45) is 0 Å². The van der Waals surface area contributed by atoms with Gasteiger partial charge >= 0.3 is 0 Å². The lowest BCUT2D eigenvalue weighted by Crippen LogP contribution is -2.20. The maximum Gasteiger partial charge on any atom is 0.270 e. The summed E-state index contributed by atoms with van der Waals surface area (Å²) in [5.41, 5.74) is 0. The molecule has 3 nitrogen and oxygen atoms in total. The molecule has 0 unspecified atom stereocenters. The molecule has 0 heterocycles. The van der Waals surface area contributed by atoms with E-state index >= 15 is 0 Å². The van der Waals surface area contributed by atoms with Crippen molar-refractivity contribution in [3.05, 3.63) is 0 Å². The highest BCUT2D eigenvalue weighted by molar-refractivity contribution is 7.87. The summed E-state index contributed by atoms with van der Waals surface area (Å²) in [5.74, 6) is 0. The molecule has 62 valence electrons. The van der Waals surface area contributed by atoms with Gasteiger partial charge < -0.3 is 0 Å². The summed E-state index contributed by atoms with van der Waals surface area (Å²) < 4.78 is 28.8. The lowest BCUT2D eigenvalue weighted by atomic mass is 10.3. The fraction of sp³-hybridized carbons (Fsp3) is 1.00. The van der Waals surface area contributed by atoms with Gasteiger partial charge in [-0.15, -0.1) is 12.4 Å². The summed E-state index contributed by atoms with van der Waals surface area (Å²) in [6.07, 6.45) is 1.79. The van der Waals surface area contributed by atoms with Crippen LogP contribution in [0.4, 0.5) is 0 Å². The molecule has 5 heteroatoms. The van der Waals surface area contributed by atoms with Gasteiger partial charge in [-0.1, -0.05) is 6.92 Å². The van der Waals surface area contributed by atoms with E-state index in [2.05, 4.69) is 0 Å². The summed E-state index contributed by atoms with van der Waals surface area (Å²) >= 11 is 0. The van der Waals surface area contributed by atoms with Gasteiger partial charge in [0.05, 0.1) is 4.75 Å². The highest BCUT2D eigenvalue weighted by Crippen LogP contribution is 2.45. The fourth-order valence-corrected chi connectivity index (χ4v) is 1.92. The van der Waals surface area contributed by atoms with Crippen LogP contribution >= 0.6 is 12.4 Å². The predicted molar refractivity (Wildman–Crippen MR) is 41.1 cm³/mol. The zero-order valence-corrected chi connectivity index (χ0v) is 7.33. The summed E-state index contributed by atoms with van der Waals surface area (Å²) in [5, 5.41) is 0. The summed E-state index contributed by atoms with van der Waals surface area (Å²) in [4.78, 5) is 0. The van der Waals surface area contributed by atoms with Gasteiger partial charge in [0.2, 0.25) is 0 Å². The van der Waals surface area contributed by atoms with Crippen LogP contribution in [0.25, 0.3) is 0 Å². The molecule has 0 aromatic carbocycles. The molecule has 0 atom stereocenters. The normalized spacial score (nSPS) is 21.4. The molecule has 0 amide bonds. The summed E-state index contributed by atoms with van der Waals surface area (Å²) in [6.45, 7) is 1.78. The van der Waals surface area contributed by atoms with E-state index in [1.165, 1.54) is 0 Å². The van der Waals surface area contributed by atoms with E-state index in [0.29, 0.717) is 19.3 Å². The molecule has 0 aromatic rings. The maximum atomic E-state index is 10.5. The smallest absolute Gasteiger partial charge is 0.270 e. The molecular weight excluding hydrogens is 176 g/mol. The standard InChI is InChI=1S/C5H10O3S.ClH/c1-2-5(3-4-5)9(6,7)8;/h2-4H2,1H3,(H,6,7,8);1H. The van der Waals surface area contributed by atoms with Crippen molar-refractivity contribution in [1.82, 2.24) is 0 Å². The lowest BCUT2D eigenvalue weighted by Gasteiger charge is -2.05. The Morgan fingerprint density at radius 3 is 1.90 bits per heavy atom. The van der Waals surface area contributed by atoms with E-state index in [-0.39, 0.29) is 12.4 Å². The van der Waals surface area contributed by atoms with Crippen molar-refractivity contribution in [2.45, 2.75) is 30.9 Å². The SMILES string of the molecule is CCC1(S(=O)(=O)O)CC1.Cl. The van der Waals surface area contributed by atoms with Crippen LogP contribution in [-0.2, 0) is 10.1 Å². The quantitative estimate of drug-likeness (QED) is 0.661. The highest BCUT2D eigenvalue weighted by atomic mass is 35.5. The van der Waals surface area contributed by atoms with Crippen molar-refractivity contribution in [1.29, 1.82) is 0 Å². The number of hydrogen-bond donors (Lipinski definition) is 1. The minimum absolute atomic E-state index is 0. The van der Waals surface area contributed by atoms with Crippen LogP contribution in [0.15, 0.2) is 0 Å². The van der Waals surface area contributed by atoms with Crippen molar-refractivity contribution in [3.8, 4) is 0 Å². The molecule has 10 heavy (non-hydrogen) atoms. The first-order valence-corrected chi connectivity index (χ1v) is 4.43. The Morgan fingerprint density at radius 2 is 1.90 bits per heavy atom. The Morgan fingerprint density at radius 1 is 1.50 bits per heavy atom. The zero-order valence-electron chi connectivity index (χ0n) is 5.70. The summed E-state index contributed by atoms with van der Waals surface area (Å²) in [6, 6.07) is 0. The molecule has 0 saturated heterocycles. The van der Waals surface area contributed by atoms with E-state index in [4.69, 9.17) is 4.55 Å². The molecule has 0 aliphatic heterocycles. The molecule has 1 aliphatic rings. The van der Waals surface area contributed by atoms with Gasteiger partial charge in [0.25, 0.3) is 10.1 Å². The van der Waals surface area contributed by atoms with Gasteiger partial charge in [0, 0.05) is 0 Å². The Labute approximate surface area is 67.0 Å². The van der Waals surface area contributed by atoms with E-state index in [1.54, 1.807) is 6.92 Å². The van der Waals surface area contributed by atoms with Crippen LogP contribution in [0, 0.1) is 0 Å². The third-order valence-electron chi connectivity index (χ3n) is 2.00. The molecule has 0 aromatic heterocycles. The van der Waals surface area contributed by atoms with Crippen LogP contribution in [0.5, 0.6) is 0 Å². The largest absolute Gasteiger partial charge is 0.285 e. The van der Waals surface area contributed by atoms with Crippen molar-refractivity contribution in [2.75, 3.05) is 0 Å². The Bertz CT molecular complexity index is 205. The Kier molecular flexibility index (Phi) is 2.73. The van der Waals surface area contributed by atoms with Crippen LogP contribution in [0.3, 0.4) is 0 Å². The first-order chi connectivity index (χ1) is 4.02. The molecule has 0 spiro atoms. The number of hydrogen-bond acceptors (Lipinski definition) is 2. The monoisotopic (exact) mass is 186 g/mol. The Hall–Kier alpha value is 0.200. The van der Waals surface area contributed by atoms with Crippen molar-refractivity contribution < 1.29 is 13.0 Å². The van der Waals surface area contributed by atoms with E-state index in [0.717, 1.165) is 0 Å². The molecule has 1 rings (SSSR count). The predicted octanol–water partition coefficient (Wildman–Crippen LogP) is 1.24. The maximum absolute atomic E-state index is 10.5.